The van der Waals surface area contributed by atoms with Gasteiger partial charge in [0.1, 0.15) is 30.4 Å². The molecule has 1 unspecified atom stereocenters. The predicted octanol–water partition coefficient (Wildman–Crippen LogP) is 3.13. The second-order valence-corrected chi connectivity index (χ2v) is 10.0. The first-order valence-corrected chi connectivity index (χ1v) is 13.6. The van der Waals surface area contributed by atoms with Crippen LogP contribution in [0.1, 0.15) is 71.6 Å². The van der Waals surface area contributed by atoms with Gasteiger partial charge in [0.05, 0.1) is 19.3 Å². The highest BCUT2D eigenvalue weighted by Gasteiger charge is 2.38. The Morgan fingerprint density at radius 3 is 2.67 bits per heavy atom. The fourth-order valence-electron chi connectivity index (χ4n) is 5.25. The predicted molar refractivity (Wildman–Crippen MR) is 138 cm³/mol. The van der Waals surface area contributed by atoms with Gasteiger partial charge in [-0.15, -0.1) is 0 Å². The van der Waals surface area contributed by atoms with Crippen LogP contribution >= 0.6 is 0 Å². The number of amides is 2. The Morgan fingerprint density at radius 1 is 1.25 bits per heavy atom. The van der Waals surface area contributed by atoms with Crippen molar-refractivity contribution in [1.82, 2.24) is 15.1 Å². The second-order valence-electron chi connectivity index (χ2n) is 10.0. The third kappa shape index (κ3) is 8.27. The van der Waals surface area contributed by atoms with E-state index in [0.29, 0.717) is 44.2 Å². The number of morpholine rings is 1. The summed E-state index contributed by atoms with van der Waals surface area (Å²) in [5.41, 5.74) is -0.861. The molecule has 0 spiro atoms. The van der Waals surface area contributed by atoms with Gasteiger partial charge in [0.15, 0.2) is 0 Å². The van der Waals surface area contributed by atoms with Gasteiger partial charge in [-0.1, -0.05) is 39.0 Å². The second kappa shape index (κ2) is 14.3. The van der Waals surface area contributed by atoms with Gasteiger partial charge < -0.3 is 24.6 Å². The first-order valence-electron chi connectivity index (χ1n) is 13.6. The highest BCUT2D eigenvalue weighted by molar-refractivity contribution is 5.97. The van der Waals surface area contributed by atoms with Crippen molar-refractivity contribution >= 4 is 24.2 Å². The molecule has 3 fully saturated rings. The number of carbonyl (C=O) groups is 2. The molecule has 3 aliphatic rings. The van der Waals surface area contributed by atoms with Crippen molar-refractivity contribution < 1.29 is 19.1 Å². The largest absolute Gasteiger partial charge is 0.448 e. The Kier molecular flexibility index (Phi) is 11.1. The number of piperidine rings is 1. The van der Waals surface area contributed by atoms with Crippen LogP contribution in [-0.4, -0.2) is 91.6 Å². The van der Waals surface area contributed by atoms with Crippen LogP contribution < -0.4 is 5.32 Å². The van der Waals surface area contributed by atoms with Gasteiger partial charge in [0.25, 0.3) is 0 Å². The molecular weight excluding hydrogens is 460 g/mol. The van der Waals surface area contributed by atoms with Crippen LogP contribution in [0.3, 0.4) is 0 Å². The monoisotopic (exact) mass is 502 g/mol. The first-order chi connectivity index (χ1) is 17.5. The zero-order valence-corrected chi connectivity index (χ0v) is 21.9. The summed E-state index contributed by atoms with van der Waals surface area (Å²) in [4.78, 5) is 38.2. The minimum absolute atomic E-state index is 0.202. The van der Waals surface area contributed by atoms with E-state index in [-0.39, 0.29) is 19.1 Å². The maximum atomic E-state index is 13.6. The van der Waals surface area contributed by atoms with Crippen molar-refractivity contribution in [2.24, 2.45) is 15.9 Å². The van der Waals surface area contributed by atoms with E-state index in [1.807, 2.05) is 0 Å². The Labute approximate surface area is 215 Å². The third-order valence-corrected chi connectivity index (χ3v) is 7.32. The fourth-order valence-corrected chi connectivity index (χ4v) is 5.25. The molecule has 0 aromatic rings. The van der Waals surface area contributed by atoms with Gasteiger partial charge in [-0.2, -0.15) is 10.3 Å². The maximum Gasteiger partial charge on any atom is 0.434 e. The molecular formula is C26H42N6O4. The van der Waals surface area contributed by atoms with E-state index in [2.05, 4.69) is 28.2 Å². The molecule has 1 aliphatic carbocycles. The molecule has 1 atom stereocenters. The van der Waals surface area contributed by atoms with E-state index in [1.54, 1.807) is 11.8 Å². The number of amidine groups is 1. The van der Waals surface area contributed by atoms with Gasteiger partial charge in [-0.25, -0.2) is 4.79 Å². The van der Waals surface area contributed by atoms with Gasteiger partial charge in [0.2, 0.25) is 5.91 Å². The molecule has 10 nitrogen and oxygen atoms in total. The summed E-state index contributed by atoms with van der Waals surface area (Å²) in [6.45, 7) is 7.93. The highest BCUT2D eigenvalue weighted by atomic mass is 16.5. The Balaban J connectivity index is 1.77. The Bertz CT molecular complexity index is 825. The molecule has 3 rings (SSSR count). The van der Waals surface area contributed by atoms with Gasteiger partial charge in [-0.3, -0.25) is 9.79 Å². The van der Waals surface area contributed by atoms with Crippen molar-refractivity contribution in [3.8, 4) is 6.07 Å². The molecule has 0 radical (unpaired) electrons. The zero-order chi connectivity index (χ0) is 25.8. The van der Waals surface area contributed by atoms with Crippen LogP contribution in [0, 0.1) is 17.2 Å². The maximum absolute atomic E-state index is 13.6. The molecule has 0 aromatic heterocycles. The molecule has 0 bridgehead atoms. The van der Waals surface area contributed by atoms with Crippen molar-refractivity contribution in [2.75, 3.05) is 46.0 Å². The molecule has 10 heteroatoms. The number of nitrogens with zero attached hydrogens (tertiary/aromatic N) is 5. The molecule has 2 amide bonds. The summed E-state index contributed by atoms with van der Waals surface area (Å²) in [6, 6.07) is 1.79. The molecule has 0 aromatic carbocycles. The first kappa shape index (κ1) is 28.1. The van der Waals surface area contributed by atoms with Crippen LogP contribution in [-0.2, 0) is 14.3 Å². The van der Waals surface area contributed by atoms with E-state index in [1.165, 1.54) is 25.6 Å². The number of likely N-dealkylation sites (tertiary alicyclic amines) is 1. The molecule has 2 aliphatic heterocycles. The summed E-state index contributed by atoms with van der Waals surface area (Å²) in [5, 5.41) is 13.1. The lowest BCUT2D eigenvalue weighted by Gasteiger charge is -2.38. The van der Waals surface area contributed by atoms with Crippen LogP contribution in [0.4, 0.5) is 4.79 Å². The lowest BCUT2D eigenvalue weighted by molar-refractivity contribution is -0.124. The van der Waals surface area contributed by atoms with Crippen molar-refractivity contribution in [2.45, 2.75) is 83.2 Å². The number of aliphatic imine (C=N–C) groups is 2. The lowest BCUT2D eigenvalue weighted by Crippen LogP contribution is -2.56. The van der Waals surface area contributed by atoms with Crippen LogP contribution in [0.2, 0.25) is 0 Å². The minimum Gasteiger partial charge on any atom is -0.448 e. The van der Waals surface area contributed by atoms with Crippen LogP contribution in [0.25, 0.3) is 0 Å². The lowest BCUT2D eigenvalue weighted by atomic mass is 9.84. The van der Waals surface area contributed by atoms with E-state index in [4.69, 9.17) is 14.5 Å². The Morgan fingerprint density at radius 2 is 2.00 bits per heavy atom. The van der Waals surface area contributed by atoms with Gasteiger partial charge >= 0.3 is 6.09 Å². The standard InChI is InChI=1S/C26H42N6O4/c1-3-12-31-13-10-26(19-27,11-14-31)30-24(33)22(17-21-8-6-5-7-9-21)29-23-18-35-16-15-32(23)20-28-25(34)36-4-2/h20-22H,3-18H2,1-2H3,(H,30,33). The summed E-state index contributed by atoms with van der Waals surface area (Å²) in [5.74, 6) is 0.787. The molecule has 2 saturated heterocycles. The van der Waals surface area contributed by atoms with E-state index in [0.717, 1.165) is 38.9 Å². The average Bonchev–Trinajstić information content (AvgIpc) is 2.90. The summed E-state index contributed by atoms with van der Waals surface area (Å²) in [6.07, 6.45) is 9.46. The number of rotatable bonds is 9. The molecule has 1 N–H and O–H groups in total. The van der Waals surface area contributed by atoms with Crippen molar-refractivity contribution in [3.63, 3.8) is 0 Å². The van der Waals surface area contributed by atoms with Crippen LogP contribution in [0.15, 0.2) is 9.98 Å². The van der Waals surface area contributed by atoms with E-state index < -0.39 is 17.7 Å². The SMILES string of the molecule is CCCN1CCC(C#N)(NC(=O)C(CC2CCCCC2)N=C2COCCN2C=NC(=O)OCC)CC1. The quantitative estimate of drug-likeness (QED) is 0.380. The molecule has 1 saturated carbocycles. The minimum atomic E-state index is -0.861. The topological polar surface area (TPSA) is 120 Å². The van der Waals surface area contributed by atoms with Crippen LogP contribution in [0.5, 0.6) is 0 Å². The molecule has 200 valence electrons. The average molecular weight is 503 g/mol. The summed E-state index contributed by atoms with van der Waals surface area (Å²) in [7, 11) is 0. The Hall–Kier alpha value is -2.51. The highest BCUT2D eigenvalue weighted by Crippen LogP contribution is 2.29. The molecule has 36 heavy (non-hydrogen) atoms. The third-order valence-electron chi connectivity index (χ3n) is 7.32. The van der Waals surface area contributed by atoms with Gasteiger partial charge in [0, 0.05) is 19.6 Å². The van der Waals surface area contributed by atoms with E-state index >= 15 is 0 Å². The van der Waals surface area contributed by atoms with Gasteiger partial charge in [-0.05, 0) is 45.1 Å². The number of ether oxygens (including phenoxy) is 2. The van der Waals surface area contributed by atoms with Crippen molar-refractivity contribution in [3.05, 3.63) is 0 Å². The number of carbonyl (C=O) groups excluding carboxylic acids is 2. The summed E-state index contributed by atoms with van der Waals surface area (Å²) < 4.78 is 10.5. The van der Waals surface area contributed by atoms with Crippen molar-refractivity contribution in [1.29, 1.82) is 5.26 Å². The fraction of sp³-hybridized carbons (Fsp3) is 0.808. The normalized spacial score (nSPS) is 23.4. The summed E-state index contributed by atoms with van der Waals surface area (Å²) >= 11 is 0. The molecule has 2 heterocycles. The number of hydrogen-bond donors (Lipinski definition) is 1. The number of hydrogen-bond acceptors (Lipinski definition) is 7. The smallest absolute Gasteiger partial charge is 0.434 e. The number of nitrogens with one attached hydrogen (secondary N) is 1. The number of nitriles is 1. The van der Waals surface area contributed by atoms with E-state index in [9.17, 15) is 14.9 Å². The zero-order valence-electron chi connectivity index (χ0n) is 21.9.